The topological polar surface area (TPSA) is 52.7 Å². The zero-order valence-corrected chi connectivity index (χ0v) is 12.2. The minimum atomic E-state index is -3.11. The van der Waals surface area contributed by atoms with Crippen LogP contribution >= 0.6 is 0 Å². The van der Waals surface area contributed by atoms with Crippen molar-refractivity contribution in [3.8, 4) is 0 Å². The number of sulfonamides is 1. The molecule has 1 N–H and O–H groups in total. The fourth-order valence-electron chi connectivity index (χ4n) is 2.86. The Morgan fingerprint density at radius 1 is 1.22 bits per heavy atom. The summed E-state index contributed by atoms with van der Waals surface area (Å²) in [5, 5.41) is 2.98. The molecule has 2 heterocycles. The van der Waals surface area contributed by atoms with E-state index in [0.29, 0.717) is 25.7 Å². The molecule has 106 valence electrons. The smallest absolute Gasteiger partial charge is 0.218 e. The van der Waals surface area contributed by atoms with Gasteiger partial charge in [-0.25, -0.2) is 12.7 Å². The highest BCUT2D eigenvalue weighted by Gasteiger charge is 2.36. The number of rotatable bonds is 3. The first-order chi connectivity index (χ1) is 8.51. The third-order valence-corrected chi connectivity index (χ3v) is 6.42. The van der Waals surface area contributed by atoms with E-state index in [0.717, 1.165) is 32.2 Å². The quantitative estimate of drug-likeness (QED) is 0.793. The second-order valence-electron chi connectivity index (χ2n) is 5.63. The molecule has 2 unspecified atom stereocenters. The van der Waals surface area contributed by atoms with E-state index in [2.05, 4.69) is 10.2 Å². The van der Waals surface area contributed by atoms with Crippen molar-refractivity contribution in [2.24, 2.45) is 0 Å². The summed E-state index contributed by atoms with van der Waals surface area (Å²) in [7, 11) is 0.954. The van der Waals surface area contributed by atoms with Crippen molar-refractivity contribution in [3.05, 3.63) is 0 Å². The molecule has 0 aromatic heterocycles. The summed E-state index contributed by atoms with van der Waals surface area (Å²) in [6.07, 6.45) is 3.84. The highest BCUT2D eigenvalue weighted by Crippen LogP contribution is 2.22. The lowest BCUT2D eigenvalue weighted by Gasteiger charge is -2.37. The van der Waals surface area contributed by atoms with Gasteiger partial charge >= 0.3 is 0 Å². The van der Waals surface area contributed by atoms with Crippen LogP contribution in [0.5, 0.6) is 0 Å². The molecule has 0 aliphatic carbocycles. The third kappa shape index (κ3) is 3.04. The minimum Gasteiger partial charge on any atom is -0.315 e. The molecular weight excluding hydrogens is 250 g/mol. The zero-order chi connectivity index (χ0) is 13.2. The summed E-state index contributed by atoms with van der Waals surface area (Å²) in [5.74, 6) is 0. The Morgan fingerprint density at radius 3 is 2.61 bits per heavy atom. The molecule has 2 fully saturated rings. The zero-order valence-electron chi connectivity index (χ0n) is 11.4. The van der Waals surface area contributed by atoms with Gasteiger partial charge in [0.2, 0.25) is 10.0 Å². The normalized spacial score (nSPS) is 31.7. The fourth-order valence-corrected chi connectivity index (χ4v) is 4.84. The van der Waals surface area contributed by atoms with Crippen LogP contribution in [0.4, 0.5) is 0 Å². The van der Waals surface area contributed by atoms with Crippen LogP contribution in [-0.2, 0) is 10.0 Å². The molecule has 5 nitrogen and oxygen atoms in total. The van der Waals surface area contributed by atoms with Crippen molar-refractivity contribution in [2.75, 3.05) is 40.3 Å². The summed E-state index contributed by atoms with van der Waals surface area (Å²) in [6, 6.07) is 0.366. The van der Waals surface area contributed by atoms with Crippen LogP contribution in [-0.4, -0.2) is 69.2 Å². The lowest BCUT2D eigenvalue weighted by Crippen LogP contribution is -2.52. The van der Waals surface area contributed by atoms with Crippen LogP contribution in [0.3, 0.4) is 0 Å². The average molecular weight is 275 g/mol. The van der Waals surface area contributed by atoms with Gasteiger partial charge in [0.05, 0.1) is 5.25 Å². The van der Waals surface area contributed by atoms with Gasteiger partial charge in [-0.05, 0) is 46.3 Å². The monoisotopic (exact) mass is 275 g/mol. The Labute approximate surface area is 111 Å². The summed E-state index contributed by atoms with van der Waals surface area (Å²) >= 11 is 0. The first-order valence-electron chi connectivity index (χ1n) is 6.88. The van der Waals surface area contributed by atoms with E-state index in [9.17, 15) is 8.42 Å². The molecule has 0 radical (unpaired) electrons. The highest BCUT2D eigenvalue weighted by atomic mass is 32.2. The van der Waals surface area contributed by atoms with Crippen LogP contribution in [0.2, 0.25) is 0 Å². The molecule has 0 bridgehead atoms. The van der Waals surface area contributed by atoms with Gasteiger partial charge in [-0.2, -0.15) is 0 Å². The molecule has 0 spiro atoms. The van der Waals surface area contributed by atoms with Gasteiger partial charge in [-0.1, -0.05) is 0 Å². The summed E-state index contributed by atoms with van der Waals surface area (Å²) in [5.41, 5.74) is 0. The predicted octanol–water partition coefficient (Wildman–Crippen LogP) is 0.0942. The van der Waals surface area contributed by atoms with Gasteiger partial charge in [0.1, 0.15) is 0 Å². The molecule has 18 heavy (non-hydrogen) atoms. The molecule has 6 heteroatoms. The number of hydrogen-bond donors (Lipinski definition) is 1. The Hall–Kier alpha value is -0.170. The second kappa shape index (κ2) is 5.86. The van der Waals surface area contributed by atoms with E-state index < -0.39 is 10.0 Å². The minimum absolute atomic E-state index is 0.216. The van der Waals surface area contributed by atoms with E-state index in [1.165, 1.54) is 0 Å². The standard InChI is InChI=1S/C12H25N3O2S/c1-14(2)11-5-4-8-15(10-11)18(16,17)12-6-3-7-13-9-12/h11-13H,3-10H2,1-2H3. The van der Waals surface area contributed by atoms with Gasteiger partial charge in [-0.3, -0.25) is 0 Å². The van der Waals surface area contributed by atoms with E-state index in [1.54, 1.807) is 4.31 Å². The van der Waals surface area contributed by atoms with Gasteiger partial charge in [0, 0.05) is 25.7 Å². The number of piperidine rings is 2. The molecular formula is C12H25N3O2S. The Bertz CT molecular complexity index is 364. The van der Waals surface area contributed by atoms with Crippen molar-refractivity contribution >= 4 is 10.0 Å². The molecule has 2 rings (SSSR count). The maximum absolute atomic E-state index is 12.6. The number of nitrogens with one attached hydrogen (secondary N) is 1. The lowest BCUT2D eigenvalue weighted by molar-refractivity contribution is 0.189. The van der Waals surface area contributed by atoms with Crippen LogP contribution < -0.4 is 5.32 Å². The molecule has 2 aliphatic rings. The maximum Gasteiger partial charge on any atom is 0.218 e. The molecule has 0 aromatic rings. The first-order valence-corrected chi connectivity index (χ1v) is 8.38. The van der Waals surface area contributed by atoms with Gasteiger partial charge in [0.15, 0.2) is 0 Å². The van der Waals surface area contributed by atoms with Crippen molar-refractivity contribution in [1.82, 2.24) is 14.5 Å². The number of hydrogen-bond acceptors (Lipinski definition) is 4. The van der Waals surface area contributed by atoms with E-state index >= 15 is 0 Å². The lowest BCUT2D eigenvalue weighted by atomic mass is 10.1. The molecule has 0 saturated carbocycles. The Balaban J connectivity index is 2.04. The summed E-state index contributed by atoms with van der Waals surface area (Å²) < 4.78 is 26.9. The SMILES string of the molecule is CN(C)C1CCCN(S(=O)(=O)C2CCCNC2)C1. The van der Waals surface area contributed by atoms with Crippen molar-refractivity contribution in [1.29, 1.82) is 0 Å². The summed E-state index contributed by atoms with van der Waals surface area (Å²) in [4.78, 5) is 2.14. The van der Waals surface area contributed by atoms with Crippen LogP contribution in [0.15, 0.2) is 0 Å². The molecule has 2 atom stereocenters. The molecule has 2 aliphatic heterocycles. The van der Waals surface area contributed by atoms with Crippen molar-refractivity contribution in [2.45, 2.75) is 37.0 Å². The highest BCUT2D eigenvalue weighted by molar-refractivity contribution is 7.89. The molecule has 0 aromatic carbocycles. The van der Waals surface area contributed by atoms with Gasteiger partial charge < -0.3 is 10.2 Å². The van der Waals surface area contributed by atoms with E-state index in [-0.39, 0.29) is 5.25 Å². The van der Waals surface area contributed by atoms with Crippen molar-refractivity contribution in [3.63, 3.8) is 0 Å². The van der Waals surface area contributed by atoms with E-state index in [1.807, 2.05) is 14.1 Å². The first kappa shape index (κ1) is 14.2. The van der Waals surface area contributed by atoms with Gasteiger partial charge in [-0.15, -0.1) is 0 Å². The summed E-state index contributed by atoms with van der Waals surface area (Å²) in [6.45, 7) is 2.92. The molecule has 2 saturated heterocycles. The predicted molar refractivity (Wildman–Crippen MR) is 73.1 cm³/mol. The largest absolute Gasteiger partial charge is 0.315 e. The van der Waals surface area contributed by atoms with Crippen LogP contribution in [0, 0.1) is 0 Å². The van der Waals surface area contributed by atoms with Crippen molar-refractivity contribution < 1.29 is 8.42 Å². The number of likely N-dealkylation sites (N-methyl/N-ethyl adjacent to an activating group) is 1. The maximum atomic E-state index is 12.6. The number of nitrogens with zero attached hydrogens (tertiary/aromatic N) is 2. The van der Waals surface area contributed by atoms with E-state index in [4.69, 9.17) is 0 Å². The molecule has 0 amide bonds. The Morgan fingerprint density at radius 2 is 2.00 bits per heavy atom. The van der Waals surface area contributed by atoms with Crippen LogP contribution in [0.1, 0.15) is 25.7 Å². The Kier molecular flexibility index (Phi) is 4.64. The average Bonchev–Trinajstić information content (AvgIpc) is 2.40. The van der Waals surface area contributed by atoms with Crippen LogP contribution in [0.25, 0.3) is 0 Å². The fraction of sp³-hybridized carbons (Fsp3) is 1.00. The van der Waals surface area contributed by atoms with Gasteiger partial charge in [0.25, 0.3) is 0 Å². The third-order valence-electron chi connectivity index (χ3n) is 4.12. The second-order valence-corrected chi connectivity index (χ2v) is 7.84.